The van der Waals surface area contributed by atoms with Gasteiger partial charge in [-0.1, -0.05) is 28.9 Å². The molecule has 1 aliphatic carbocycles. The molecule has 0 saturated carbocycles. The smallest absolute Gasteiger partial charge is 0.166 e. The molecular formula is C8H8BrF3. The molecule has 0 N–H and O–H groups in total. The zero-order valence-corrected chi connectivity index (χ0v) is 8.04. The van der Waals surface area contributed by atoms with Crippen LogP contribution < -0.4 is 0 Å². The van der Waals surface area contributed by atoms with E-state index >= 15 is 0 Å². The quantitative estimate of drug-likeness (QED) is 0.605. The lowest BCUT2D eigenvalue weighted by molar-refractivity contribution is -0.0887. The largest absolute Gasteiger partial charge is 0.416 e. The summed E-state index contributed by atoms with van der Waals surface area (Å²) in [6.45, 7) is 1.88. The summed E-state index contributed by atoms with van der Waals surface area (Å²) in [6.07, 6.45) is -1.38. The van der Waals surface area contributed by atoms with Crippen molar-refractivity contribution >= 4 is 15.9 Å². The number of halogens is 4. The van der Waals surface area contributed by atoms with Crippen molar-refractivity contribution in [2.45, 2.75) is 19.5 Å². The second-order valence-corrected chi connectivity index (χ2v) is 3.74. The SMILES string of the molecule is CC1CC=C(C(F)(F)F)C=C1Br. The molecule has 0 nitrogen and oxygen atoms in total. The Balaban J connectivity index is 2.85. The van der Waals surface area contributed by atoms with Gasteiger partial charge in [0, 0.05) is 0 Å². The Hall–Kier alpha value is -0.250. The van der Waals surface area contributed by atoms with Gasteiger partial charge in [0.25, 0.3) is 0 Å². The van der Waals surface area contributed by atoms with Gasteiger partial charge in [0.2, 0.25) is 0 Å². The Morgan fingerprint density at radius 2 is 2.08 bits per heavy atom. The standard InChI is InChI=1S/C8H8BrF3/c1-5-2-3-6(4-7(5)9)8(10,11)12/h3-5H,2H2,1H3. The molecule has 68 valence electrons. The van der Waals surface area contributed by atoms with E-state index < -0.39 is 11.7 Å². The third-order valence-corrected chi connectivity index (χ3v) is 2.79. The van der Waals surface area contributed by atoms with E-state index in [1.165, 1.54) is 6.08 Å². The molecule has 0 aromatic rings. The highest BCUT2D eigenvalue weighted by Crippen LogP contribution is 2.35. The molecule has 0 aromatic carbocycles. The van der Waals surface area contributed by atoms with Gasteiger partial charge in [0.05, 0.1) is 5.57 Å². The van der Waals surface area contributed by atoms with Crippen molar-refractivity contribution in [1.82, 2.24) is 0 Å². The minimum atomic E-state index is -4.21. The summed E-state index contributed by atoms with van der Waals surface area (Å²) in [5.74, 6) is 0.163. The van der Waals surface area contributed by atoms with Gasteiger partial charge >= 0.3 is 6.18 Å². The molecule has 0 saturated heterocycles. The molecule has 0 heterocycles. The topological polar surface area (TPSA) is 0 Å². The third kappa shape index (κ3) is 2.12. The second kappa shape index (κ2) is 3.24. The number of allylic oxidation sites excluding steroid dienone is 4. The molecule has 1 atom stereocenters. The Kier molecular flexibility index (Phi) is 2.66. The van der Waals surface area contributed by atoms with Crippen LogP contribution in [0.2, 0.25) is 0 Å². The Bertz CT molecular complexity index is 237. The van der Waals surface area contributed by atoms with Crippen molar-refractivity contribution in [2.75, 3.05) is 0 Å². The second-order valence-electron chi connectivity index (χ2n) is 2.82. The fraction of sp³-hybridized carbons (Fsp3) is 0.500. The van der Waals surface area contributed by atoms with Gasteiger partial charge in [-0.2, -0.15) is 13.2 Å². The molecule has 4 heteroatoms. The molecule has 1 rings (SSSR count). The molecule has 1 aliphatic rings. The minimum Gasteiger partial charge on any atom is -0.166 e. The van der Waals surface area contributed by atoms with E-state index in [0.717, 1.165) is 6.08 Å². The van der Waals surface area contributed by atoms with Crippen molar-refractivity contribution < 1.29 is 13.2 Å². The van der Waals surface area contributed by atoms with Crippen molar-refractivity contribution in [3.05, 3.63) is 22.2 Å². The van der Waals surface area contributed by atoms with Crippen LogP contribution in [0.25, 0.3) is 0 Å². The Morgan fingerprint density at radius 1 is 1.50 bits per heavy atom. The summed E-state index contributed by atoms with van der Waals surface area (Å²) in [5.41, 5.74) is -0.549. The van der Waals surface area contributed by atoms with E-state index in [2.05, 4.69) is 15.9 Å². The van der Waals surface area contributed by atoms with Crippen LogP contribution in [0.4, 0.5) is 13.2 Å². The first kappa shape index (κ1) is 9.84. The maximum absolute atomic E-state index is 12.1. The predicted octanol–water partition coefficient (Wildman–Crippen LogP) is 3.79. The summed E-state index contributed by atoms with van der Waals surface area (Å²) >= 11 is 3.11. The monoisotopic (exact) mass is 240 g/mol. The Morgan fingerprint density at radius 3 is 2.50 bits per heavy atom. The average Bonchev–Trinajstić information content (AvgIpc) is 1.92. The van der Waals surface area contributed by atoms with Crippen molar-refractivity contribution in [1.29, 1.82) is 0 Å². The molecule has 0 amide bonds. The van der Waals surface area contributed by atoms with Crippen LogP contribution in [-0.2, 0) is 0 Å². The van der Waals surface area contributed by atoms with Crippen LogP contribution in [0.1, 0.15) is 13.3 Å². The lowest BCUT2D eigenvalue weighted by atomic mass is 9.98. The summed E-state index contributed by atoms with van der Waals surface area (Å²) < 4.78 is 36.9. The zero-order valence-electron chi connectivity index (χ0n) is 6.45. The van der Waals surface area contributed by atoms with E-state index in [4.69, 9.17) is 0 Å². The Labute approximate surface area is 77.3 Å². The van der Waals surface area contributed by atoms with Gasteiger partial charge in [0.1, 0.15) is 0 Å². The highest BCUT2D eigenvalue weighted by molar-refractivity contribution is 9.11. The van der Waals surface area contributed by atoms with Gasteiger partial charge in [-0.3, -0.25) is 0 Å². The van der Waals surface area contributed by atoms with Crippen LogP contribution >= 0.6 is 15.9 Å². The van der Waals surface area contributed by atoms with Crippen LogP contribution in [0.5, 0.6) is 0 Å². The molecule has 0 bridgehead atoms. The van der Waals surface area contributed by atoms with Crippen LogP contribution in [0.15, 0.2) is 22.2 Å². The fourth-order valence-electron chi connectivity index (χ4n) is 0.964. The van der Waals surface area contributed by atoms with E-state index in [1.807, 2.05) is 6.92 Å². The van der Waals surface area contributed by atoms with Gasteiger partial charge in [0.15, 0.2) is 0 Å². The zero-order chi connectivity index (χ0) is 9.35. The first-order chi connectivity index (χ1) is 5.41. The maximum Gasteiger partial charge on any atom is 0.416 e. The highest BCUT2D eigenvalue weighted by atomic mass is 79.9. The van der Waals surface area contributed by atoms with Crippen LogP contribution in [0.3, 0.4) is 0 Å². The van der Waals surface area contributed by atoms with Crippen molar-refractivity contribution in [3.63, 3.8) is 0 Å². The number of hydrogen-bond acceptors (Lipinski definition) is 0. The average molecular weight is 241 g/mol. The first-order valence-corrected chi connectivity index (χ1v) is 4.35. The maximum atomic E-state index is 12.1. The van der Waals surface area contributed by atoms with Gasteiger partial charge < -0.3 is 0 Å². The van der Waals surface area contributed by atoms with E-state index in [-0.39, 0.29) is 5.92 Å². The molecule has 0 radical (unpaired) electrons. The summed E-state index contributed by atoms with van der Waals surface area (Å²) in [6, 6.07) is 0. The highest BCUT2D eigenvalue weighted by Gasteiger charge is 2.33. The molecule has 0 fully saturated rings. The van der Waals surface area contributed by atoms with Gasteiger partial charge in [-0.15, -0.1) is 0 Å². The van der Waals surface area contributed by atoms with Gasteiger partial charge in [-0.05, 0) is 22.9 Å². The number of alkyl halides is 3. The van der Waals surface area contributed by atoms with E-state index in [0.29, 0.717) is 10.9 Å². The predicted molar refractivity (Wildman–Crippen MR) is 44.9 cm³/mol. The summed E-state index contributed by atoms with van der Waals surface area (Å²) in [4.78, 5) is 0. The lowest BCUT2D eigenvalue weighted by Crippen LogP contribution is -2.13. The molecule has 0 aliphatic heterocycles. The summed E-state index contributed by atoms with van der Waals surface area (Å²) in [5, 5.41) is 0. The van der Waals surface area contributed by atoms with Crippen LogP contribution in [-0.4, -0.2) is 6.18 Å². The minimum absolute atomic E-state index is 0.163. The summed E-state index contributed by atoms with van der Waals surface area (Å²) in [7, 11) is 0. The van der Waals surface area contributed by atoms with E-state index in [9.17, 15) is 13.2 Å². The van der Waals surface area contributed by atoms with Crippen LogP contribution in [0, 0.1) is 5.92 Å². The third-order valence-electron chi connectivity index (χ3n) is 1.78. The normalized spacial score (nSPS) is 24.9. The van der Waals surface area contributed by atoms with E-state index in [1.54, 1.807) is 0 Å². The molecule has 12 heavy (non-hydrogen) atoms. The molecule has 0 spiro atoms. The molecular weight excluding hydrogens is 233 g/mol. The first-order valence-electron chi connectivity index (χ1n) is 3.55. The lowest BCUT2D eigenvalue weighted by Gasteiger charge is -2.17. The van der Waals surface area contributed by atoms with Crippen molar-refractivity contribution in [2.24, 2.45) is 5.92 Å². The molecule has 0 aromatic heterocycles. The molecule has 1 unspecified atom stereocenters. The fourth-order valence-corrected chi connectivity index (χ4v) is 1.40. The van der Waals surface area contributed by atoms with Crippen molar-refractivity contribution in [3.8, 4) is 0 Å². The number of rotatable bonds is 0. The van der Waals surface area contributed by atoms with Gasteiger partial charge in [-0.25, -0.2) is 0 Å². The number of hydrogen-bond donors (Lipinski definition) is 0.